The molecule has 1 aliphatic rings. The molecule has 4 aromatic rings. The molecule has 0 bridgehead atoms. The first-order valence-corrected chi connectivity index (χ1v) is 10.2. The second kappa shape index (κ2) is 7.15. The molecule has 7 nitrogen and oxygen atoms in total. The van der Waals surface area contributed by atoms with Crippen LogP contribution in [0.1, 0.15) is 37.3 Å². The van der Waals surface area contributed by atoms with Crippen LogP contribution in [0.4, 0.5) is 0 Å². The standard InChI is InChI=1S/C22H25N5O2/c1-15-10-24-26(12-15)13-16-2-4-17(5-3-16)27-9-7-20(29)19-11-23-22-18(21(19)27)6-8-25(22)14-28/h6-12,16-17,28H,2-5,13-14H2,1H3. The van der Waals surface area contributed by atoms with Crippen molar-refractivity contribution in [2.24, 2.45) is 5.92 Å². The first-order chi connectivity index (χ1) is 14.1. The molecule has 0 aliphatic heterocycles. The van der Waals surface area contributed by atoms with Crippen LogP contribution in [0.2, 0.25) is 0 Å². The van der Waals surface area contributed by atoms with E-state index in [1.165, 1.54) is 5.56 Å². The monoisotopic (exact) mass is 391 g/mol. The van der Waals surface area contributed by atoms with Crippen LogP contribution in [-0.2, 0) is 13.3 Å². The fraction of sp³-hybridized carbons (Fsp3) is 0.409. The zero-order chi connectivity index (χ0) is 20.0. The van der Waals surface area contributed by atoms with Gasteiger partial charge in [0.05, 0.1) is 17.1 Å². The summed E-state index contributed by atoms with van der Waals surface area (Å²) in [6.45, 7) is 2.91. The molecule has 4 aromatic heterocycles. The van der Waals surface area contributed by atoms with Crippen LogP contribution in [0.5, 0.6) is 0 Å². The Morgan fingerprint density at radius 2 is 1.93 bits per heavy atom. The predicted molar refractivity (Wildman–Crippen MR) is 112 cm³/mol. The van der Waals surface area contributed by atoms with Gasteiger partial charge in [0.2, 0.25) is 0 Å². The van der Waals surface area contributed by atoms with Crippen molar-refractivity contribution in [3.05, 3.63) is 58.9 Å². The smallest absolute Gasteiger partial charge is 0.190 e. The Bertz CT molecular complexity index is 1230. The highest BCUT2D eigenvalue weighted by Crippen LogP contribution is 2.35. The van der Waals surface area contributed by atoms with Crippen LogP contribution >= 0.6 is 0 Å². The van der Waals surface area contributed by atoms with E-state index in [-0.39, 0.29) is 12.2 Å². The van der Waals surface area contributed by atoms with Crippen LogP contribution in [-0.4, -0.2) is 29.0 Å². The van der Waals surface area contributed by atoms with E-state index in [9.17, 15) is 9.90 Å². The fourth-order valence-corrected chi connectivity index (χ4v) is 4.75. The number of aliphatic hydroxyl groups is 1. The van der Waals surface area contributed by atoms with Crippen molar-refractivity contribution in [2.75, 3.05) is 0 Å². The molecule has 1 N–H and O–H groups in total. The average Bonchev–Trinajstić information content (AvgIpc) is 3.34. The normalized spacial score (nSPS) is 19.9. The van der Waals surface area contributed by atoms with Gasteiger partial charge >= 0.3 is 0 Å². The second-order valence-corrected chi connectivity index (χ2v) is 8.19. The Labute approximate surface area is 168 Å². The van der Waals surface area contributed by atoms with Crippen molar-refractivity contribution in [3.63, 3.8) is 0 Å². The van der Waals surface area contributed by atoms with E-state index in [1.807, 2.05) is 24.7 Å². The molecule has 7 heteroatoms. The van der Waals surface area contributed by atoms with Crippen LogP contribution in [0.3, 0.4) is 0 Å². The van der Waals surface area contributed by atoms with E-state index >= 15 is 0 Å². The highest BCUT2D eigenvalue weighted by molar-refractivity contribution is 6.02. The molecule has 0 unspecified atom stereocenters. The highest BCUT2D eigenvalue weighted by Gasteiger charge is 2.24. The van der Waals surface area contributed by atoms with Crippen molar-refractivity contribution in [1.29, 1.82) is 0 Å². The van der Waals surface area contributed by atoms with Crippen LogP contribution < -0.4 is 5.43 Å². The fourth-order valence-electron chi connectivity index (χ4n) is 4.75. The Hall–Kier alpha value is -2.93. The quantitative estimate of drug-likeness (QED) is 0.579. The van der Waals surface area contributed by atoms with Crippen LogP contribution in [0, 0.1) is 12.8 Å². The lowest BCUT2D eigenvalue weighted by molar-refractivity contribution is 0.215. The van der Waals surface area contributed by atoms with Crippen molar-refractivity contribution >= 4 is 21.9 Å². The van der Waals surface area contributed by atoms with Gasteiger partial charge in [-0.2, -0.15) is 5.10 Å². The lowest BCUT2D eigenvalue weighted by atomic mass is 9.85. The van der Waals surface area contributed by atoms with Gasteiger partial charge in [-0.25, -0.2) is 4.98 Å². The first kappa shape index (κ1) is 18.1. The van der Waals surface area contributed by atoms with Crippen molar-refractivity contribution in [1.82, 2.24) is 23.9 Å². The zero-order valence-corrected chi connectivity index (χ0v) is 16.5. The lowest BCUT2D eigenvalue weighted by Gasteiger charge is -2.31. The number of hydrogen-bond donors (Lipinski definition) is 1. The maximum absolute atomic E-state index is 12.5. The van der Waals surface area contributed by atoms with Gasteiger partial charge in [-0.05, 0) is 50.2 Å². The summed E-state index contributed by atoms with van der Waals surface area (Å²) >= 11 is 0. The summed E-state index contributed by atoms with van der Waals surface area (Å²) in [5.41, 5.74) is 2.83. The molecule has 29 heavy (non-hydrogen) atoms. The van der Waals surface area contributed by atoms with Gasteiger partial charge in [0.1, 0.15) is 12.4 Å². The molecule has 5 rings (SSSR count). The zero-order valence-electron chi connectivity index (χ0n) is 16.5. The SMILES string of the molecule is Cc1cnn(CC2CCC(n3ccc(=O)c4cnc5c(ccn5CO)c43)CC2)c1. The second-order valence-electron chi connectivity index (χ2n) is 8.19. The first-order valence-electron chi connectivity index (χ1n) is 10.2. The number of nitrogens with zero attached hydrogens (tertiary/aromatic N) is 5. The number of aromatic nitrogens is 5. The molecule has 0 saturated heterocycles. The summed E-state index contributed by atoms with van der Waals surface area (Å²) in [6, 6.07) is 3.96. The van der Waals surface area contributed by atoms with Crippen LogP contribution in [0.15, 0.2) is 47.9 Å². The van der Waals surface area contributed by atoms with Crippen molar-refractivity contribution < 1.29 is 5.11 Å². The third-order valence-electron chi connectivity index (χ3n) is 6.24. The lowest BCUT2D eigenvalue weighted by Crippen LogP contribution is -2.23. The minimum atomic E-state index is -0.128. The minimum absolute atomic E-state index is 0.00913. The summed E-state index contributed by atoms with van der Waals surface area (Å²) in [5.74, 6) is 0.633. The Balaban J connectivity index is 1.47. The van der Waals surface area contributed by atoms with Gasteiger partial charge in [0.15, 0.2) is 5.43 Å². The Kier molecular flexibility index (Phi) is 4.47. The molecule has 1 fully saturated rings. The van der Waals surface area contributed by atoms with Gasteiger partial charge < -0.3 is 14.2 Å². The Morgan fingerprint density at radius 1 is 1.10 bits per heavy atom. The number of pyridine rings is 2. The number of fused-ring (bicyclic) bond motifs is 3. The summed E-state index contributed by atoms with van der Waals surface area (Å²) in [7, 11) is 0. The van der Waals surface area contributed by atoms with E-state index < -0.39 is 0 Å². The summed E-state index contributed by atoms with van der Waals surface area (Å²) in [4.78, 5) is 16.9. The highest BCUT2D eigenvalue weighted by atomic mass is 16.3. The van der Waals surface area contributed by atoms with E-state index in [1.54, 1.807) is 16.8 Å². The third kappa shape index (κ3) is 3.15. The molecule has 150 valence electrons. The van der Waals surface area contributed by atoms with E-state index in [0.29, 0.717) is 23.0 Å². The molecular weight excluding hydrogens is 366 g/mol. The molecule has 0 spiro atoms. The predicted octanol–water partition coefficient (Wildman–Crippen LogP) is 3.24. The summed E-state index contributed by atoms with van der Waals surface area (Å²) in [5, 5.41) is 15.6. The van der Waals surface area contributed by atoms with Crippen molar-refractivity contribution in [3.8, 4) is 0 Å². The summed E-state index contributed by atoms with van der Waals surface area (Å²) < 4.78 is 6.01. The third-order valence-corrected chi connectivity index (χ3v) is 6.24. The molecule has 0 atom stereocenters. The largest absolute Gasteiger partial charge is 0.376 e. The van der Waals surface area contributed by atoms with Gasteiger partial charge in [0.25, 0.3) is 0 Å². The molecule has 0 amide bonds. The molecular formula is C22H25N5O2. The van der Waals surface area contributed by atoms with Gasteiger partial charge in [0, 0.05) is 48.8 Å². The summed E-state index contributed by atoms with van der Waals surface area (Å²) in [6.07, 6.45) is 13.9. The van der Waals surface area contributed by atoms with E-state index in [2.05, 4.69) is 32.5 Å². The average molecular weight is 391 g/mol. The van der Waals surface area contributed by atoms with Crippen LogP contribution in [0.25, 0.3) is 21.9 Å². The molecule has 4 heterocycles. The maximum Gasteiger partial charge on any atom is 0.190 e. The molecule has 1 saturated carbocycles. The van der Waals surface area contributed by atoms with Gasteiger partial charge in [-0.3, -0.25) is 9.48 Å². The maximum atomic E-state index is 12.5. The van der Waals surface area contributed by atoms with E-state index in [4.69, 9.17) is 0 Å². The topological polar surface area (TPSA) is 77.9 Å². The van der Waals surface area contributed by atoms with Gasteiger partial charge in [-0.15, -0.1) is 0 Å². The van der Waals surface area contributed by atoms with Crippen molar-refractivity contribution in [2.45, 2.75) is 51.9 Å². The molecule has 1 aliphatic carbocycles. The number of hydrogen-bond acceptors (Lipinski definition) is 4. The molecule has 0 radical (unpaired) electrons. The number of rotatable bonds is 4. The minimum Gasteiger partial charge on any atom is -0.376 e. The van der Waals surface area contributed by atoms with Gasteiger partial charge in [-0.1, -0.05) is 0 Å². The number of aliphatic hydroxyl groups excluding tert-OH is 1. The molecule has 0 aromatic carbocycles. The Morgan fingerprint density at radius 3 is 2.66 bits per heavy atom. The van der Waals surface area contributed by atoms with E-state index in [0.717, 1.165) is 43.1 Å². The number of aryl methyl sites for hydroxylation is 1.